The lowest BCUT2D eigenvalue weighted by Crippen LogP contribution is -2.32. The lowest BCUT2D eigenvalue weighted by molar-refractivity contribution is 0.0946. The van der Waals surface area contributed by atoms with E-state index < -0.39 is 0 Å². The predicted octanol–water partition coefficient (Wildman–Crippen LogP) is 2.51. The van der Waals surface area contributed by atoms with E-state index in [4.69, 9.17) is 0 Å². The molecule has 0 unspecified atom stereocenters. The Morgan fingerprint density at radius 1 is 1.15 bits per heavy atom. The molecule has 100 valence electrons. The van der Waals surface area contributed by atoms with E-state index >= 15 is 0 Å². The van der Waals surface area contributed by atoms with Crippen LogP contribution in [0.3, 0.4) is 0 Å². The van der Waals surface area contributed by atoms with Crippen molar-refractivity contribution >= 4 is 11.7 Å². The normalized spacial score (nSPS) is 13.6. The molecule has 1 amide bonds. The number of carbonyl (C=O) groups excluding carboxylic acids is 2. The molecule has 0 aliphatic carbocycles. The van der Waals surface area contributed by atoms with Crippen LogP contribution in [0.1, 0.15) is 37.4 Å². The Hall–Kier alpha value is -2.42. The van der Waals surface area contributed by atoms with Crippen molar-refractivity contribution in [3.8, 4) is 0 Å². The Bertz CT molecular complexity index is 704. The van der Waals surface area contributed by atoms with Crippen molar-refractivity contribution in [1.82, 2.24) is 5.32 Å². The highest BCUT2D eigenvalue weighted by atomic mass is 16.1. The molecule has 0 atom stereocenters. The fourth-order valence-corrected chi connectivity index (χ4v) is 2.54. The first-order valence-corrected chi connectivity index (χ1v) is 6.68. The molecule has 0 aromatic heterocycles. The fraction of sp³-hybridized carbons (Fsp3) is 0.176. The number of fused-ring (bicyclic) bond motifs is 1. The lowest BCUT2D eigenvalue weighted by Gasteiger charge is -2.17. The summed E-state index contributed by atoms with van der Waals surface area (Å²) in [5, 5.41) is 2.81. The zero-order valence-electron chi connectivity index (χ0n) is 11.3. The molecule has 0 radical (unpaired) electrons. The molecule has 0 spiro atoms. The van der Waals surface area contributed by atoms with Crippen LogP contribution in [0.15, 0.2) is 42.5 Å². The molecule has 3 rings (SSSR count). The van der Waals surface area contributed by atoms with E-state index in [1.807, 2.05) is 43.3 Å². The predicted molar refractivity (Wildman–Crippen MR) is 77.1 cm³/mol. The molecule has 0 fully saturated rings. The molecule has 1 N–H and O–H groups in total. The highest BCUT2D eigenvalue weighted by Gasteiger charge is 2.19. The number of benzene rings is 2. The van der Waals surface area contributed by atoms with Crippen molar-refractivity contribution in [2.75, 3.05) is 6.54 Å². The molecular formula is C17H15NO2. The minimum Gasteiger partial charge on any atom is -0.352 e. The molecule has 3 nitrogen and oxygen atoms in total. The first-order chi connectivity index (χ1) is 9.66. The molecule has 0 bridgehead atoms. The summed E-state index contributed by atoms with van der Waals surface area (Å²) < 4.78 is 0. The summed E-state index contributed by atoms with van der Waals surface area (Å²) in [6.07, 6.45) is 0.819. The van der Waals surface area contributed by atoms with Crippen LogP contribution in [0.2, 0.25) is 0 Å². The first-order valence-electron chi connectivity index (χ1n) is 6.68. The number of amides is 1. The molecule has 2 aromatic carbocycles. The summed E-state index contributed by atoms with van der Waals surface area (Å²) in [6.45, 7) is 2.58. The Labute approximate surface area is 117 Å². The van der Waals surface area contributed by atoms with Gasteiger partial charge in [0.25, 0.3) is 5.91 Å². The minimum absolute atomic E-state index is 0.0377. The second-order valence-electron chi connectivity index (χ2n) is 5.02. The second-order valence-corrected chi connectivity index (χ2v) is 5.02. The quantitative estimate of drug-likeness (QED) is 0.848. The van der Waals surface area contributed by atoms with Crippen LogP contribution in [0.25, 0.3) is 0 Å². The molecule has 0 saturated heterocycles. The third-order valence-electron chi connectivity index (χ3n) is 3.69. The van der Waals surface area contributed by atoms with E-state index in [9.17, 15) is 9.59 Å². The van der Waals surface area contributed by atoms with E-state index in [-0.39, 0.29) is 11.7 Å². The van der Waals surface area contributed by atoms with Gasteiger partial charge in [0, 0.05) is 23.2 Å². The minimum atomic E-state index is -0.0920. The van der Waals surface area contributed by atoms with Gasteiger partial charge in [0.05, 0.1) is 0 Å². The molecule has 20 heavy (non-hydrogen) atoms. The maximum Gasteiger partial charge on any atom is 0.251 e. The molecule has 1 aliphatic rings. The maximum atomic E-state index is 12.5. The lowest BCUT2D eigenvalue weighted by atomic mass is 9.93. The number of hydrogen-bond donors (Lipinski definition) is 1. The van der Waals surface area contributed by atoms with Crippen molar-refractivity contribution < 1.29 is 9.59 Å². The van der Waals surface area contributed by atoms with Gasteiger partial charge in [-0.2, -0.15) is 0 Å². The number of rotatable bonds is 2. The van der Waals surface area contributed by atoms with Gasteiger partial charge in [-0.25, -0.2) is 0 Å². The molecule has 1 aliphatic heterocycles. The topological polar surface area (TPSA) is 46.2 Å². The van der Waals surface area contributed by atoms with Crippen LogP contribution in [-0.4, -0.2) is 18.2 Å². The van der Waals surface area contributed by atoms with Gasteiger partial charge in [-0.05, 0) is 30.5 Å². The standard InChI is InChI=1S/C17H15NO2/c1-11-4-2-3-5-14(11)16(19)13-7-6-12-8-9-18-17(20)15(12)10-13/h2-7,10H,8-9H2,1H3,(H,18,20). The van der Waals surface area contributed by atoms with Crippen molar-refractivity contribution in [3.63, 3.8) is 0 Å². The van der Waals surface area contributed by atoms with Crippen LogP contribution in [0.5, 0.6) is 0 Å². The van der Waals surface area contributed by atoms with Gasteiger partial charge in [0.2, 0.25) is 0 Å². The van der Waals surface area contributed by atoms with E-state index in [0.29, 0.717) is 23.2 Å². The number of nitrogens with one attached hydrogen (secondary N) is 1. The van der Waals surface area contributed by atoms with Crippen LogP contribution in [0, 0.1) is 6.92 Å². The summed E-state index contributed by atoms with van der Waals surface area (Å²) in [4.78, 5) is 24.4. The SMILES string of the molecule is Cc1ccccc1C(=O)c1ccc2c(c1)C(=O)NCC2. The smallest absolute Gasteiger partial charge is 0.251 e. The van der Waals surface area contributed by atoms with Crippen LogP contribution >= 0.6 is 0 Å². The van der Waals surface area contributed by atoms with E-state index in [0.717, 1.165) is 17.5 Å². The third-order valence-corrected chi connectivity index (χ3v) is 3.69. The Morgan fingerprint density at radius 2 is 1.95 bits per heavy atom. The van der Waals surface area contributed by atoms with Gasteiger partial charge in [0.1, 0.15) is 0 Å². The molecule has 1 heterocycles. The Balaban J connectivity index is 2.03. The number of carbonyl (C=O) groups is 2. The number of aryl methyl sites for hydroxylation is 1. The van der Waals surface area contributed by atoms with Gasteiger partial charge in [-0.3, -0.25) is 9.59 Å². The zero-order valence-corrected chi connectivity index (χ0v) is 11.3. The number of ketones is 1. The average Bonchev–Trinajstić information content (AvgIpc) is 2.47. The average molecular weight is 265 g/mol. The van der Waals surface area contributed by atoms with Crippen LogP contribution < -0.4 is 5.32 Å². The van der Waals surface area contributed by atoms with Crippen molar-refractivity contribution in [2.24, 2.45) is 0 Å². The van der Waals surface area contributed by atoms with Gasteiger partial charge < -0.3 is 5.32 Å². The fourth-order valence-electron chi connectivity index (χ4n) is 2.54. The van der Waals surface area contributed by atoms with Gasteiger partial charge >= 0.3 is 0 Å². The van der Waals surface area contributed by atoms with Crippen LogP contribution in [0.4, 0.5) is 0 Å². The summed E-state index contributed by atoms with van der Waals surface area (Å²) >= 11 is 0. The summed E-state index contributed by atoms with van der Waals surface area (Å²) in [6, 6.07) is 12.9. The maximum absolute atomic E-state index is 12.5. The van der Waals surface area contributed by atoms with Crippen molar-refractivity contribution in [2.45, 2.75) is 13.3 Å². The second kappa shape index (κ2) is 4.93. The Morgan fingerprint density at radius 3 is 2.75 bits per heavy atom. The molecular weight excluding hydrogens is 250 g/mol. The zero-order chi connectivity index (χ0) is 14.1. The summed E-state index contributed by atoms with van der Waals surface area (Å²) in [5.74, 6) is -0.130. The monoisotopic (exact) mass is 265 g/mol. The van der Waals surface area contributed by atoms with E-state index in [2.05, 4.69) is 5.32 Å². The summed E-state index contributed by atoms with van der Waals surface area (Å²) in [7, 11) is 0. The Kier molecular flexibility index (Phi) is 3.11. The number of hydrogen-bond acceptors (Lipinski definition) is 2. The highest BCUT2D eigenvalue weighted by Crippen LogP contribution is 2.19. The van der Waals surface area contributed by atoms with Crippen molar-refractivity contribution in [1.29, 1.82) is 0 Å². The first kappa shape index (κ1) is 12.6. The molecule has 0 saturated carbocycles. The van der Waals surface area contributed by atoms with Gasteiger partial charge in [-0.15, -0.1) is 0 Å². The van der Waals surface area contributed by atoms with E-state index in [1.54, 1.807) is 6.07 Å². The highest BCUT2D eigenvalue weighted by molar-refractivity contribution is 6.11. The van der Waals surface area contributed by atoms with Crippen LogP contribution in [-0.2, 0) is 6.42 Å². The van der Waals surface area contributed by atoms with Crippen molar-refractivity contribution in [3.05, 3.63) is 70.3 Å². The third kappa shape index (κ3) is 2.11. The molecule has 2 aromatic rings. The van der Waals surface area contributed by atoms with Gasteiger partial charge in [0.15, 0.2) is 5.78 Å². The van der Waals surface area contributed by atoms with E-state index in [1.165, 1.54) is 0 Å². The largest absolute Gasteiger partial charge is 0.352 e. The summed E-state index contributed by atoms with van der Waals surface area (Å²) in [5.41, 5.74) is 3.82. The van der Waals surface area contributed by atoms with Gasteiger partial charge in [-0.1, -0.05) is 36.4 Å². The molecule has 3 heteroatoms.